The zero-order chi connectivity index (χ0) is 22.1. The maximum Gasteiger partial charge on any atom is 0.338 e. The molecule has 7 heteroatoms. The molecule has 0 aromatic heterocycles. The standard InChI is InChI=1S/C12H22O2.C5H8O2.C4H2O3/c1-10(2)8-6-5-7-9-14-12(13)11(3)4;1-4(2)5(6)7-3;5-3-1-2-4(6)7-3/h10H,3,5-9H2,1-2,4H3;1H2,2-3H3;1-2H. The van der Waals surface area contributed by atoms with E-state index in [-0.39, 0.29) is 11.9 Å². The number of cyclic esters (lactones) is 2. The minimum absolute atomic E-state index is 0.270. The molecule has 1 heterocycles. The molecule has 0 fully saturated rings. The maximum atomic E-state index is 11.0. The van der Waals surface area contributed by atoms with Crippen molar-refractivity contribution in [3.63, 3.8) is 0 Å². The normalized spacial score (nSPS) is 11.5. The van der Waals surface area contributed by atoms with Crippen LogP contribution in [0, 0.1) is 5.92 Å². The van der Waals surface area contributed by atoms with Gasteiger partial charge in [-0.3, -0.25) is 0 Å². The third kappa shape index (κ3) is 18.1. The Morgan fingerprint density at radius 2 is 1.46 bits per heavy atom. The molecule has 1 aliphatic rings. The quantitative estimate of drug-likeness (QED) is 0.203. The fourth-order valence-electron chi connectivity index (χ4n) is 1.60. The fraction of sp³-hybridized carbons (Fsp3) is 0.524. The summed E-state index contributed by atoms with van der Waals surface area (Å²) >= 11 is 0. The van der Waals surface area contributed by atoms with Crippen LogP contribution in [0.5, 0.6) is 0 Å². The summed E-state index contributed by atoms with van der Waals surface area (Å²) in [5.74, 6) is -1.00. The highest BCUT2D eigenvalue weighted by Gasteiger charge is 2.10. The van der Waals surface area contributed by atoms with Gasteiger partial charge < -0.3 is 14.2 Å². The zero-order valence-corrected chi connectivity index (χ0v) is 17.5. The van der Waals surface area contributed by atoms with Crippen LogP contribution >= 0.6 is 0 Å². The van der Waals surface area contributed by atoms with Crippen molar-refractivity contribution in [2.45, 2.75) is 53.4 Å². The molecule has 1 aliphatic heterocycles. The van der Waals surface area contributed by atoms with Crippen molar-refractivity contribution in [1.29, 1.82) is 0 Å². The van der Waals surface area contributed by atoms with Gasteiger partial charge in [0.2, 0.25) is 0 Å². The molecule has 0 aromatic rings. The van der Waals surface area contributed by atoms with Gasteiger partial charge in [0.1, 0.15) is 0 Å². The van der Waals surface area contributed by atoms with Gasteiger partial charge in [-0.05, 0) is 26.2 Å². The Morgan fingerprint density at radius 1 is 0.964 bits per heavy atom. The Balaban J connectivity index is 0. The zero-order valence-electron chi connectivity index (χ0n) is 17.5. The molecule has 1 rings (SSSR count). The Morgan fingerprint density at radius 3 is 1.75 bits per heavy atom. The molecular formula is C21H32O7. The van der Waals surface area contributed by atoms with Crippen LogP contribution in [0.3, 0.4) is 0 Å². The second kappa shape index (κ2) is 16.5. The van der Waals surface area contributed by atoms with Crippen molar-refractivity contribution in [2.75, 3.05) is 13.7 Å². The van der Waals surface area contributed by atoms with Crippen molar-refractivity contribution in [1.82, 2.24) is 0 Å². The smallest absolute Gasteiger partial charge is 0.338 e. The first kappa shape index (κ1) is 27.5. The fourth-order valence-corrected chi connectivity index (χ4v) is 1.60. The van der Waals surface area contributed by atoms with Crippen LogP contribution in [0.25, 0.3) is 0 Å². The predicted octanol–water partition coefficient (Wildman–Crippen LogP) is 3.68. The molecule has 0 bridgehead atoms. The molecule has 0 saturated carbocycles. The predicted molar refractivity (Wildman–Crippen MR) is 106 cm³/mol. The molecule has 0 amide bonds. The molecule has 0 atom stereocenters. The summed E-state index contributed by atoms with van der Waals surface area (Å²) < 4.78 is 13.2. The number of esters is 4. The lowest BCUT2D eigenvalue weighted by molar-refractivity contribution is -0.150. The largest absolute Gasteiger partial charge is 0.466 e. The van der Waals surface area contributed by atoms with E-state index in [0.717, 1.165) is 30.9 Å². The van der Waals surface area contributed by atoms with E-state index in [1.165, 1.54) is 20.0 Å². The van der Waals surface area contributed by atoms with E-state index in [9.17, 15) is 19.2 Å². The second-order valence-electron chi connectivity index (χ2n) is 6.50. The molecule has 0 unspecified atom stereocenters. The number of carbonyl (C=O) groups is 4. The van der Waals surface area contributed by atoms with E-state index < -0.39 is 11.9 Å². The number of hydrogen-bond donors (Lipinski definition) is 0. The van der Waals surface area contributed by atoms with E-state index in [1.54, 1.807) is 13.8 Å². The SMILES string of the molecule is C=C(C)C(=O)OC.C=C(C)C(=O)OCCCCCC(C)C.O=C1C=CC(=O)O1. The first-order chi connectivity index (χ1) is 13.0. The number of unbranched alkanes of at least 4 members (excludes halogenated alkanes) is 2. The lowest BCUT2D eigenvalue weighted by Gasteiger charge is -2.05. The number of carbonyl (C=O) groups excluding carboxylic acids is 4. The first-order valence-corrected chi connectivity index (χ1v) is 9.01. The summed E-state index contributed by atoms with van der Waals surface area (Å²) in [5.41, 5.74) is 0.912. The minimum atomic E-state index is -0.579. The number of rotatable bonds is 8. The van der Waals surface area contributed by atoms with Gasteiger partial charge in [-0.15, -0.1) is 0 Å². The maximum absolute atomic E-state index is 11.0. The van der Waals surface area contributed by atoms with Gasteiger partial charge >= 0.3 is 23.9 Å². The average Bonchev–Trinajstić information content (AvgIpc) is 3.00. The lowest BCUT2D eigenvalue weighted by Crippen LogP contribution is -2.06. The third-order valence-corrected chi connectivity index (χ3v) is 3.10. The van der Waals surface area contributed by atoms with Crippen LogP contribution in [0.2, 0.25) is 0 Å². The molecule has 0 spiro atoms. The molecule has 158 valence electrons. The second-order valence-corrected chi connectivity index (χ2v) is 6.50. The summed E-state index contributed by atoms with van der Waals surface area (Å²) in [6.45, 7) is 15.1. The topological polar surface area (TPSA) is 96.0 Å². The van der Waals surface area contributed by atoms with Crippen molar-refractivity contribution in [3.05, 3.63) is 36.5 Å². The van der Waals surface area contributed by atoms with Crippen LogP contribution in [-0.2, 0) is 33.4 Å². The van der Waals surface area contributed by atoms with Crippen LogP contribution in [0.15, 0.2) is 36.5 Å². The minimum Gasteiger partial charge on any atom is -0.466 e. The van der Waals surface area contributed by atoms with Crippen molar-refractivity contribution >= 4 is 23.9 Å². The molecule has 0 radical (unpaired) electrons. The van der Waals surface area contributed by atoms with Gasteiger partial charge in [0.25, 0.3) is 0 Å². The van der Waals surface area contributed by atoms with Gasteiger partial charge in [0, 0.05) is 23.3 Å². The van der Waals surface area contributed by atoms with Crippen molar-refractivity contribution in [3.8, 4) is 0 Å². The molecule has 0 aliphatic carbocycles. The number of methoxy groups -OCH3 is 1. The molecule has 0 aromatic carbocycles. The molecular weight excluding hydrogens is 364 g/mol. The highest BCUT2D eigenvalue weighted by atomic mass is 16.6. The summed E-state index contributed by atoms with van der Waals surface area (Å²) in [7, 11) is 1.33. The molecule has 28 heavy (non-hydrogen) atoms. The summed E-state index contributed by atoms with van der Waals surface area (Å²) in [5, 5.41) is 0. The van der Waals surface area contributed by atoms with Crippen molar-refractivity contribution in [2.24, 2.45) is 5.92 Å². The Bertz CT molecular complexity index is 570. The summed E-state index contributed by atoms with van der Waals surface area (Å²) in [6.07, 6.45) is 6.76. The van der Waals surface area contributed by atoms with E-state index in [2.05, 4.69) is 36.5 Å². The third-order valence-electron chi connectivity index (χ3n) is 3.10. The van der Waals surface area contributed by atoms with Crippen molar-refractivity contribution < 1.29 is 33.4 Å². The average molecular weight is 396 g/mol. The number of ether oxygens (including phenoxy) is 3. The lowest BCUT2D eigenvalue weighted by atomic mass is 10.1. The summed E-state index contributed by atoms with van der Waals surface area (Å²) in [6, 6.07) is 0. The Labute approximate surface area is 167 Å². The van der Waals surface area contributed by atoms with E-state index in [4.69, 9.17) is 4.74 Å². The Kier molecular flexibility index (Phi) is 16.2. The summed E-state index contributed by atoms with van der Waals surface area (Å²) in [4.78, 5) is 41.0. The molecule has 0 N–H and O–H groups in total. The van der Waals surface area contributed by atoms with Gasteiger partial charge in [-0.25, -0.2) is 19.2 Å². The van der Waals surface area contributed by atoms with Gasteiger partial charge in [0.15, 0.2) is 0 Å². The van der Waals surface area contributed by atoms with E-state index in [0.29, 0.717) is 17.8 Å². The first-order valence-electron chi connectivity index (χ1n) is 9.01. The molecule has 0 saturated heterocycles. The van der Waals surface area contributed by atoms with E-state index >= 15 is 0 Å². The van der Waals surface area contributed by atoms with Crippen LogP contribution in [-0.4, -0.2) is 37.6 Å². The number of hydrogen-bond acceptors (Lipinski definition) is 7. The highest BCUT2D eigenvalue weighted by molar-refractivity contribution is 6.04. The van der Waals surface area contributed by atoms with Crippen LogP contribution < -0.4 is 0 Å². The van der Waals surface area contributed by atoms with Gasteiger partial charge in [-0.2, -0.15) is 0 Å². The van der Waals surface area contributed by atoms with Crippen LogP contribution in [0.1, 0.15) is 53.4 Å². The van der Waals surface area contributed by atoms with Gasteiger partial charge in [-0.1, -0.05) is 46.3 Å². The highest BCUT2D eigenvalue weighted by Crippen LogP contribution is 2.08. The van der Waals surface area contributed by atoms with Crippen LogP contribution in [0.4, 0.5) is 0 Å². The monoisotopic (exact) mass is 396 g/mol. The van der Waals surface area contributed by atoms with E-state index in [1.807, 2.05) is 0 Å². The molecule has 7 nitrogen and oxygen atoms in total. The van der Waals surface area contributed by atoms with Gasteiger partial charge in [0.05, 0.1) is 13.7 Å². The Hall–Kier alpha value is -2.70.